The SMILES string of the molecule is CCc1nc(CN2CCOCC2CCNS(=O)(=O)C(C)C)no1.O=CO. The Morgan fingerprint density at radius 1 is 1.46 bits per heavy atom. The molecule has 1 saturated heterocycles. The maximum absolute atomic E-state index is 11.8. The number of ether oxygens (including phenoxy) is 1. The number of carboxylic acid groups (broad SMARTS) is 1. The van der Waals surface area contributed by atoms with Crippen molar-refractivity contribution in [2.75, 3.05) is 26.3 Å². The fraction of sp³-hybridized carbons (Fsp3) is 0.800. The summed E-state index contributed by atoms with van der Waals surface area (Å²) in [6, 6.07) is 0.141. The first kappa shape index (κ1) is 22.5. The average molecular weight is 392 g/mol. The van der Waals surface area contributed by atoms with Crippen LogP contribution < -0.4 is 4.72 Å². The number of hydrogen-bond acceptors (Lipinski definition) is 8. The minimum absolute atomic E-state index is 0.141. The van der Waals surface area contributed by atoms with E-state index in [0.717, 1.165) is 13.0 Å². The van der Waals surface area contributed by atoms with Gasteiger partial charge in [0.1, 0.15) is 0 Å². The molecule has 1 unspecified atom stereocenters. The number of rotatable bonds is 8. The molecule has 2 rings (SSSR count). The quantitative estimate of drug-likeness (QED) is 0.597. The van der Waals surface area contributed by atoms with Crippen LogP contribution >= 0.6 is 0 Å². The van der Waals surface area contributed by atoms with E-state index in [1.165, 1.54) is 0 Å². The molecule has 0 saturated carbocycles. The van der Waals surface area contributed by atoms with Crippen LogP contribution in [0.2, 0.25) is 0 Å². The van der Waals surface area contributed by atoms with Gasteiger partial charge in [-0.1, -0.05) is 12.1 Å². The highest BCUT2D eigenvalue weighted by Gasteiger charge is 2.25. The summed E-state index contributed by atoms with van der Waals surface area (Å²) < 4.78 is 36.9. The molecule has 2 heterocycles. The van der Waals surface area contributed by atoms with Crippen molar-refractivity contribution in [1.82, 2.24) is 19.8 Å². The lowest BCUT2D eigenvalue weighted by Crippen LogP contribution is -2.46. The Morgan fingerprint density at radius 2 is 2.15 bits per heavy atom. The third kappa shape index (κ3) is 7.36. The van der Waals surface area contributed by atoms with Crippen LogP contribution in [0.4, 0.5) is 0 Å². The topological polar surface area (TPSA) is 135 Å². The third-order valence-corrected chi connectivity index (χ3v) is 5.76. The fourth-order valence-electron chi connectivity index (χ4n) is 2.38. The van der Waals surface area contributed by atoms with Gasteiger partial charge in [-0.25, -0.2) is 13.1 Å². The first-order valence-electron chi connectivity index (χ1n) is 8.53. The van der Waals surface area contributed by atoms with E-state index in [9.17, 15) is 8.42 Å². The number of morpholine rings is 1. The molecule has 0 aromatic carbocycles. The molecule has 0 aliphatic carbocycles. The fourth-order valence-corrected chi connectivity index (χ4v) is 3.11. The Hall–Kier alpha value is -1.56. The summed E-state index contributed by atoms with van der Waals surface area (Å²) in [6.45, 7) is 8.06. The van der Waals surface area contributed by atoms with Crippen LogP contribution in [0.5, 0.6) is 0 Å². The Balaban J connectivity index is 0.00000105. The highest BCUT2D eigenvalue weighted by molar-refractivity contribution is 7.90. The summed E-state index contributed by atoms with van der Waals surface area (Å²) in [5.74, 6) is 1.30. The second-order valence-corrected chi connectivity index (χ2v) is 8.36. The molecular formula is C15H28N4O6S. The zero-order valence-electron chi connectivity index (χ0n) is 15.4. The molecular weight excluding hydrogens is 364 g/mol. The lowest BCUT2D eigenvalue weighted by Gasteiger charge is -2.34. The smallest absolute Gasteiger partial charge is 0.290 e. The van der Waals surface area contributed by atoms with Gasteiger partial charge in [0.2, 0.25) is 15.9 Å². The first-order valence-corrected chi connectivity index (χ1v) is 10.1. The van der Waals surface area contributed by atoms with Gasteiger partial charge >= 0.3 is 0 Å². The number of carbonyl (C=O) groups is 1. The van der Waals surface area contributed by atoms with Crippen LogP contribution in [0.1, 0.15) is 38.9 Å². The van der Waals surface area contributed by atoms with E-state index in [1.807, 2.05) is 6.92 Å². The van der Waals surface area contributed by atoms with Gasteiger partial charge in [0, 0.05) is 25.6 Å². The Labute approximate surface area is 154 Å². The van der Waals surface area contributed by atoms with Crippen molar-refractivity contribution in [1.29, 1.82) is 0 Å². The molecule has 10 nitrogen and oxygen atoms in total. The maximum Gasteiger partial charge on any atom is 0.290 e. The summed E-state index contributed by atoms with van der Waals surface area (Å²) in [7, 11) is -3.22. The summed E-state index contributed by atoms with van der Waals surface area (Å²) in [5, 5.41) is 10.4. The van der Waals surface area contributed by atoms with Gasteiger partial charge in [-0.3, -0.25) is 9.69 Å². The van der Waals surface area contributed by atoms with Gasteiger partial charge in [-0.05, 0) is 20.3 Å². The molecule has 1 aliphatic heterocycles. The number of hydrogen-bond donors (Lipinski definition) is 2. The van der Waals surface area contributed by atoms with Crippen molar-refractivity contribution in [2.45, 2.75) is 51.4 Å². The van der Waals surface area contributed by atoms with Gasteiger partial charge in [-0.2, -0.15) is 4.98 Å². The molecule has 0 spiro atoms. The average Bonchev–Trinajstić information content (AvgIpc) is 3.04. The highest BCUT2D eigenvalue weighted by Crippen LogP contribution is 2.14. The molecule has 26 heavy (non-hydrogen) atoms. The van der Waals surface area contributed by atoms with Crippen molar-refractivity contribution in [3.8, 4) is 0 Å². The maximum atomic E-state index is 11.8. The van der Waals surface area contributed by atoms with E-state index in [2.05, 4.69) is 19.8 Å². The molecule has 150 valence electrons. The predicted octanol–water partition coefficient (Wildman–Crippen LogP) is 0.252. The summed E-state index contributed by atoms with van der Waals surface area (Å²) in [5.41, 5.74) is 0. The molecule has 2 N–H and O–H groups in total. The normalized spacial score (nSPS) is 18.4. The molecule has 0 amide bonds. The molecule has 1 aliphatic rings. The number of sulfonamides is 1. The van der Waals surface area contributed by atoms with E-state index in [1.54, 1.807) is 13.8 Å². The second-order valence-electron chi connectivity index (χ2n) is 6.04. The van der Waals surface area contributed by atoms with Crippen LogP contribution in [0, 0.1) is 0 Å². The molecule has 1 fully saturated rings. The molecule has 1 aromatic heterocycles. The van der Waals surface area contributed by atoms with E-state index < -0.39 is 15.3 Å². The van der Waals surface area contributed by atoms with Gasteiger partial charge in [-0.15, -0.1) is 0 Å². The Morgan fingerprint density at radius 3 is 2.73 bits per heavy atom. The largest absolute Gasteiger partial charge is 0.483 e. The van der Waals surface area contributed by atoms with Crippen molar-refractivity contribution < 1.29 is 27.6 Å². The summed E-state index contributed by atoms with van der Waals surface area (Å²) in [6.07, 6.45) is 1.40. The number of aromatic nitrogens is 2. The van der Waals surface area contributed by atoms with Gasteiger partial charge in [0.05, 0.1) is 25.0 Å². The predicted molar refractivity (Wildman–Crippen MR) is 94.1 cm³/mol. The van der Waals surface area contributed by atoms with Crippen LogP contribution in [0.25, 0.3) is 0 Å². The van der Waals surface area contributed by atoms with E-state index >= 15 is 0 Å². The second kappa shape index (κ2) is 11.2. The Kier molecular flexibility index (Phi) is 9.70. The summed E-state index contributed by atoms with van der Waals surface area (Å²) >= 11 is 0. The molecule has 11 heteroatoms. The van der Waals surface area contributed by atoms with Crippen molar-refractivity contribution in [3.05, 3.63) is 11.7 Å². The van der Waals surface area contributed by atoms with Crippen LogP contribution in [-0.2, 0) is 32.5 Å². The van der Waals surface area contributed by atoms with Gasteiger partial charge in [0.25, 0.3) is 6.47 Å². The third-order valence-electron chi connectivity index (χ3n) is 3.91. The van der Waals surface area contributed by atoms with E-state index in [-0.39, 0.29) is 12.5 Å². The molecule has 0 bridgehead atoms. The number of nitrogens with zero attached hydrogens (tertiary/aromatic N) is 3. The van der Waals surface area contributed by atoms with Gasteiger partial charge < -0.3 is 14.4 Å². The van der Waals surface area contributed by atoms with Crippen molar-refractivity contribution >= 4 is 16.5 Å². The highest BCUT2D eigenvalue weighted by atomic mass is 32.2. The minimum Gasteiger partial charge on any atom is -0.483 e. The number of aryl methyl sites for hydroxylation is 1. The first-order chi connectivity index (χ1) is 12.3. The summed E-state index contributed by atoms with van der Waals surface area (Å²) in [4.78, 5) is 14.9. The molecule has 1 aromatic rings. The van der Waals surface area contributed by atoms with Gasteiger partial charge in [0.15, 0.2) is 5.82 Å². The molecule has 0 radical (unpaired) electrons. The molecule has 1 atom stereocenters. The van der Waals surface area contributed by atoms with Crippen molar-refractivity contribution in [2.24, 2.45) is 0 Å². The van der Waals surface area contributed by atoms with E-state index in [0.29, 0.717) is 44.4 Å². The van der Waals surface area contributed by atoms with Crippen LogP contribution in [-0.4, -0.2) is 72.6 Å². The van der Waals surface area contributed by atoms with E-state index in [4.69, 9.17) is 19.2 Å². The standard InChI is InChI=1S/C14H26N4O4S.CH2O2/c1-4-14-16-13(17-22-14)9-18-7-8-21-10-12(18)5-6-15-23(19,20)11(2)3;2-1-3/h11-12,15H,4-10H2,1-3H3;1H,(H,2,3). The monoisotopic (exact) mass is 392 g/mol. The Bertz CT molecular complexity index is 634. The lowest BCUT2D eigenvalue weighted by atomic mass is 10.1. The van der Waals surface area contributed by atoms with Crippen LogP contribution in [0.3, 0.4) is 0 Å². The zero-order chi connectivity index (χ0) is 19.6. The van der Waals surface area contributed by atoms with Crippen molar-refractivity contribution in [3.63, 3.8) is 0 Å². The lowest BCUT2D eigenvalue weighted by molar-refractivity contribution is -0.122. The zero-order valence-corrected chi connectivity index (χ0v) is 16.2. The van der Waals surface area contributed by atoms with Crippen LogP contribution in [0.15, 0.2) is 4.52 Å². The minimum atomic E-state index is -3.22. The number of nitrogens with one attached hydrogen (secondary N) is 1.